The third kappa shape index (κ3) is 5.70. The molecule has 1 rings (SSSR count). The van der Waals surface area contributed by atoms with E-state index >= 15 is 0 Å². The number of carboxylic acid groups (broad SMARTS) is 2. The van der Waals surface area contributed by atoms with Crippen LogP contribution in [0.5, 0.6) is 0 Å². The molecular weight excluding hydrogens is 292 g/mol. The first kappa shape index (κ1) is 19.2. The molecule has 0 aliphatic rings. The van der Waals surface area contributed by atoms with Gasteiger partial charge in [-0.1, -0.05) is 46.1 Å². The first-order valence-electron chi connectivity index (χ1n) is 8.49. The Morgan fingerprint density at radius 2 is 1.70 bits per heavy atom. The van der Waals surface area contributed by atoms with E-state index in [1.807, 2.05) is 0 Å². The second-order valence-electron chi connectivity index (χ2n) is 6.48. The molecule has 1 aromatic rings. The summed E-state index contributed by atoms with van der Waals surface area (Å²) in [5, 5.41) is 18.8. The number of unbranched alkanes of at least 4 members (excludes halogenated alkanes) is 2. The summed E-state index contributed by atoms with van der Waals surface area (Å²) in [6.07, 6.45) is 6.46. The van der Waals surface area contributed by atoms with Crippen molar-refractivity contribution >= 4 is 11.9 Å². The minimum absolute atomic E-state index is 0.0179. The van der Waals surface area contributed by atoms with Gasteiger partial charge < -0.3 is 10.2 Å². The monoisotopic (exact) mass is 320 g/mol. The van der Waals surface area contributed by atoms with Crippen molar-refractivity contribution in [2.24, 2.45) is 5.92 Å². The molecule has 0 saturated heterocycles. The molecule has 128 valence electrons. The summed E-state index contributed by atoms with van der Waals surface area (Å²) in [4.78, 5) is 23.0. The number of carbonyl (C=O) groups is 2. The Morgan fingerprint density at radius 1 is 1.00 bits per heavy atom. The number of hydrogen-bond acceptors (Lipinski definition) is 2. The van der Waals surface area contributed by atoms with Gasteiger partial charge in [0.25, 0.3) is 0 Å². The van der Waals surface area contributed by atoms with Gasteiger partial charge in [-0.25, -0.2) is 9.59 Å². The lowest BCUT2D eigenvalue weighted by molar-refractivity contribution is 0.0650. The molecule has 0 aliphatic carbocycles. The highest BCUT2D eigenvalue weighted by Crippen LogP contribution is 2.24. The normalized spacial score (nSPS) is 11.0. The van der Waals surface area contributed by atoms with Crippen LogP contribution in [0, 0.1) is 5.92 Å². The van der Waals surface area contributed by atoms with Crippen molar-refractivity contribution in [3.05, 3.63) is 34.4 Å². The number of benzene rings is 1. The van der Waals surface area contributed by atoms with E-state index in [4.69, 9.17) is 0 Å². The zero-order valence-electron chi connectivity index (χ0n) is 14.4. The largest absolute Gasteiger partial charge is 0.478 e. The van der Waals surface area contributed by atoms with Gasteiger partial charge in [-0.2, -0.15) is 0 Å². The van der Waals surface area contributed by atoms with E-state index in [0.29, 0.717) is 12.3 Å². The Labute approximate surface area is 138 Å². The molecule has 0 saturated carbocycles. The van der Waals surface area contributed by atoms with Crippen LogP contribution in [-0.4, -0.2) is 22.2 Å². The topological polar surface area (TPSA) is 74.6 Å². The maximum atomic E-state index is 11.7. The van der Waals surface area contributed by atoms with E-state index < -0.39 is 11.9 Å². The van der Waals surface area contributed by atoms with Gasteiger partial charge in [0.05, 0.1) is 11.1 Å². The molecule has 0 aliphatic heterocycles. The Bertz CT molecular complexity index is 547. The third-order valence-electron chi connectivity index (χ3n) is 4.11. The summed E-state index contributed by atoms with van der Waals surface area (Å²) < 4.78 is 0. The number of rotatable bonds is 10. The molecule has 0 unspecified atom stereocenters. The van der Waals surface area contributed by atoms with E-state index in [2.05, 4.69) is 20.8 Å². The van der Waals surface area contributed by atoms with Crippen molar-refractivity contribution in [2.45, 2.75) is 65.7 Å². The second-order valence-corrected chi connectivity index (χ2v) is 6.48. The minimum atomic E-state index is -1.17. The zero-order valence-corrected chi connectivity index (χ0v) is 14.4. The van der Waals surface area contributed by atoms with Crippen LogP contribution in [0.15, 0.2) is 12.1 Å². The molecule has 0 spiro atoms. The van der Waals surface area contributed by atoms with Crippen LogP contribution in [0.3, 0.4) is 0 Å². The number of carboxylic acids is 2. The third-order valence-corrected chi connectivity index (χ3v) is 4.11. The van der Waals surface area contributed by atoms with Gasteiger partial charge in [0.15, 0.2) is 0 Å². The molecule has 0 amide bonds. The fourth-order valence-corrected chi connectivity index (χ4v) is 2.89. The van der Waals surface area contributed by atoms with Gasteiger partial charge >= 0.3 is 11.9 Å². The van der Waals surface area contributed by atoms with E-state index in [0.717, 1.165) is 49.7 Å². The lowest BCUT2D eigenvalue weighted by atomic mass is 9.89. The maximum Gasteiger partial charge on any atom is 0.336 e. The van der Waals surface area contributed by atoms with Gasteiger partial charge in [0.1, 0.15) is 0 Å². The summed E-state index contributed by atoms with van der Waals surface area (Å²) in [7, 11) is 0. The molecule has 0 bridgehead atoms. The highest BCUT2D eigenvalue weighted by atomic mass is 16.4. The van der Waals surface area contributed by atoms with Crippen LogP contribution in [0.2, 0.25) is 0 Å². The molecular formula is C19H28O4. The van der Waals surface area contributed by atoms with Gasteiger partial charge in [0.2, 0.25) is 0 Å². The highest BCUT2D eigenvalue weighted by molar-refractivity contribution is 6.03. The van der Waals surface area contributed by atoms with E-state index in [-0.39, 0.29) is 11.1 Å². The van der Waals surface area contributed by atoms with Crippen molar-refractivity contribution in [1.29, 1.82) is 0 Å². The zero-order chi connectivity index (χ0) is 17.4. The Morgan fingerprint density at radius 3 is 2.22 bits per heavy atom. The average Bonchev–Trinajstić information content (AvgIpc) is 2.47. The minimum Gasteiger partial charge on any atom is -0.478 e. The van der Waals surface area contributed by atoms with Crippen molar-refractivity contribution in [2.75, 3.05) is 0 Å². The molecule has 0 aromatic heterocycles. The molecule has 0 heterocycles. The van der Waals surface area contributed by atoms with Crippen molar-refractivity contribution in [3.8, 4) is 0 Å². The van der Waals surface area contributed by atoms with Crippen molar-refractivity contribution in [3.63, 3.8) is 0 Å². The van der Waals surface area contributed by atoms with Crippen molar-refractivity contribution < 1.29 is 19.8 Å². The highest BCUT2D eigenvalue weighted by Gasteiger charge is 2.22. The van der Waals surface area contributed by atoms with Crippen LogP contribution in [0.1, 0.15) is 84.7 Å². The van der Waals surface area contributed by atoms with Crippen LogP contribution < -0.4 is 0 Å². The summed E-state index contributed by atoms with van der Waals surface area (Å²) in [5.74, 6) is -1.71. The molecule has 2 N–H and O–H groups in total. The average molecular weight is 320 g/mol. The molecule has 4 heteroatoms. The number of aryl methyl sites for hydroxylation is 1. The van der Waals surface area contributed by atoms with Crippen molar-refractivity contribution in [1.82, 2.24) is 0 Å². The van der Waals surface area contributed by atoms with Crippen LogP contribution in [-0.2, 0) is 12.8 Å². The molecule has 23 heavy (non-hydrogen) atoms. The van der Waals surface area contributed by atoms with Gasteiger partial charge in [-0.15, -0.1) is 0 Å². The van der Waals surface area contributed by atoms with E-state index in [9.17, 15) is 19.8 Å². The molecule has 1 aromatic carbocycles. The standard InChI is InChI=1S/C19H28O4/c1-4-5-6-10-15-14(9-7-8-13(2)3)11-12-16(18(20)21)17(15)19(22)23/h11-13H,4-10H2,1-3H3,(H,20,21)(H,22,23). The number of aromatic carboxylic acids is 2. The maximum absolute atomic E-state index is 11.7. The lowest BCUT2D eigenvalue weighted by Gasteiger charge is -2.15. The summed E-state index contributed by atoms with van der Waals surface area (Å²) in [5.41, 5.74) is 1.59. The summed E-state index contributed by atoms with van der Waals surface area (Å²) in [6, 6.07) is 3.25. The predicted octanol–water partition coefficient (Wildman–Crippen LogP) is 4.79. The molecule has 4 nitrogen and oxygen atoms in total. The van der Waals surface area contributed by atoms with E-state index in [1.165, 1.54) is 6.07 Å². The smallest absolute Gasteiger partial charge is 0.336 e. The van der Waals surface area contributed by atoms with Crippen LogP contribution >= 0.6 is 0 Å². The fourth-order valence-electron chi connectivity index (χ4n) is 2.89. The Kier molecular flexibility index (Phi) is 7.79. The predicted molar refractivity (Wildman–Crippen MR) is 91.4 cm³/mol. The molecule has 0 fully saturated rings. The SMILES string of the molecule is CCCCCc1c(CCCC(C)C)ccc(C(=O)O)c1C(=O)O. The quantitative estimate of drug-likeness (QED) is 0.608. The molecule has 0 radical (unpaired) electrons. The first-order chi connectivity index (χ1) is 10.9. The Hall–Kier alpha value is -1.84. The van der Waals surface area contributed by atoms with E-state index in [1.54, 1.807) is 6.07 Å². The fraction of sp³-hybridized carbons (Fsp3) is 0.579. The Balaban J connectivity index is 3.18. The second kappa shape index (κ2) is 9.33. The lowest BCUT2D eigenvalue weighted by Crippen LogP contribution is -2.14. The number of hydrogen-bond donors (Lipinski definition) is 2. The van der Waals surface area contributed by atoms with Gasteiger partial charge in [-0.3, -0.25) is 0 Å². The summed E-state index contributed by atoms with van der Waals surface area (Å²) >= 11 is 0. The van der Waals surface area contributed by atoms with Crippen LogP contribution in [0.25, 0.3) is 0 Å². The van der Waals surface area contributed by atoms with Gasteiger partial charge in [-0.05, 0) is 48.8 Å². The van der Waals surface area contributed by atoms with Crippen LogP contribution in [0.4, 0.5) is 0 Å². The summed E-state index contributed by atoms with van der Waals surface area (Å²) in [6.45, 7) is 6.42. The first-order valence-corrected chi connectivity index (χ1v) is 8.49. The van der Waals surface area contributed by atoms with Gasteiger partial charge in [0, 0.05) is 0 Å². The molecule has 0 atom stereocenters.